The number of furan rings is 1. The first kappa shape index (κ1) is 13.7. The smallest absolute Gasteiger partial charge is 0.341 e. The Labute approximate surface area is 99.8 Å². The van der Waals surface area contributed by atoms with E-state index in [-0.39, 0.29) is 6.29 Å². The van der Waals surface area contributed by atoms with Crippen LogP contribution in [0.3, 0.4) is 0 Å². The van der Waals surface area contributed by atoms with E-state index in [0.717, 1.165) is 0 Å². The summed E-state index contributed by atoms with van der Waals surface area (Å²) in [4.78, 5) is 11.2. The molecule has 0 aromatic carbocycles. The molecule has 0 aliphatic carbocycles. The molecule has 1 N–H and O–H groups in total. The lowest BCUT2D eigenvalue weighted by Gasteiger charge is -2.13. The molecule has 0 amide bonds. The second kappa shape index (κ2) is 7.05. The van der Waals surface area contributed by atoms with Crippen LogP contribution in [-0.2, 0) is 20.8 Å². The summed E-state index contributed by atoms with van der Waals surface area (Å²) in [6.45, 7) is 1.02. The van der Waals surface area contributed by atoms with E-state index in [0.29, 0.717) is 24.4 Å². The van der Waals surface area contributed by atoms with E-state index in [1.165, 1.54) is 13.4 Å². The van der Waals surface area contributed by atoms with Crippen molar-refractivity contribution >= 4 is 5.97 Å². The molecule has 0 atom stereocenters. The second-order valence-electron chi connectivity index (χ2n) is 3.33. The van der Waals surface area contributed by atoms with Crippen molar-refractivity contribution in [3.8, 4) is 0 Å². The Bertz CT molecular complexity index is 345. The first-order valence-corrected chi connectivity index (χ1v) is 5.13. The van der Waals surface area contributed by atoms with Crippen LogP contribution in [0, 0.1) is 0 Å². The highest BCUT2D eigenvalue weighted by atomic mass is 16.7. The van der Waals surface area contributed by atoms with E-state index in [2.05, 4.69) is 10.1 Å². The van der Waals surface area contributed by atoms with Crippen molar-refractivity contribution in [1.29, 1.82) is 0 Å². The molecule has 0 radical (unpaired) electrons. The Morgan fingerprint density at radius 2 is 2.12 bits per heavy atom. The van der Waals surface area contributed by atoms with E-state index >= 15 is 0 Å². The molecule has 0 spiro atoms. The van der Waals surface area contributed by atoms with Crippen molar-refractivity contribution in [2.75, 3.05) is 27.9 Å². The summed E-state index contributed by atoms with van der Waals surface area (Å²) in [6.07, 6.45) is 1.07. The Balaban J connectivity index is 2.37. The monoisotopic (exact) mass is 243 g/mol. The number of hydrogen-bond donors (Lipinski definition) is 1. The molecule has 17 heavy (non-hydrogen) atoms. The average molecular weight is 243 g/mol. The van der Waals surface area contributed by atoms with Gasteiger partial charge in [0.25, 0.3) is 0 Å². The molecule has 0 bridgehead atoms. The van der Waals surface area contributed by atoms with Gasteiger partial charge in [0.2, 0.25) is 0 Å². The number of carbonyl (C=O) groups excluding carboxylic acids is 1. The molecule has 96 valence electrons. The van der Waals surface area contributed by atoms with Gasteiger partial charge in [-0.1, -0.05) is 0 Å². The molecule has 1 aromatic heterocycles. The third-order valence-electron chi connectivity index (χ3n) is 2.21. The molecule has 0 aliphatic heterocycles. The molecule has 6 heteroatoms. The highest BCUT2D eigenvalue weighted by Crippen LogP contribution is 2.08. The quantitative estimate of drug-likeness (QED) is 0.563. The van der Waals surface area contributed by atoms with E-state index in [9.17, 15) is 4.79 Å². The fourth-order valence-electron chi connectivity index (χ4n) is 1.27. The van der Waals surface area contributed by atoms with Crippen LogP contribution in [0.25, 0.3) is 0 Å². The minimum atomic E-state index is -0.411. The molecule has 0 saturated heterocycles. The molecule has 0 aliphatic rings. The van der Waals surface area contributed by atoms with Crippen molar-refractivity contribution in [3.05, 3.63) is 23.7 Å². The molecule has 6 nitrogen and oxygen atoms in total. The largest absolute Gasteiger partial charge is 0.467 e. The molecule has 1 aromatic rings. The second-order valence-corrected chi connectivity index (χ2v) is 3.33. The van der Waals surface area contributed by atoms with E-state index in [4.69, 9.17) is 13.9 Å². The van der Waals surface area contributed by atoms with Gasteiger partial charge in [-0.2, -0.15) is 0 Å². The lowest BCUT2D eigenvalue weighted by molar-refractivity contribution is -0.0990. The topological polar surface area (TPSA) is 69.9 Å². The van der Waals surface area contributed by atoms with Gasteiger partial charge in [-0.05, 0) is 6.07 Å². The predicted octanol–water partition coefficient (Wildman–Crippen LogP) is 0.775. The van der Waals surface area contributed by atoms with Crippen LogP contribution < -0.4 is 5.32 Å². The molecule has 1 heterocycles. The Morgan fingerprint density at radius 3 is 2.71 bits per heavy atom. The fraction of sp³-hybridized carbons (Fsp3) is 0.545. The van der Waals surface area contributed by atoms with Crippen molar-refractivity contribution in [2.24, 2.45) is 0 Å². The lowest BCUT2D eigenvalue weighted by atomic mass is 10.3. The normalized spacial score (nSPS) is 10.8. The highest BCUT2D eigenvalue weighted by Gasteiger charge is 2.10. The van der Waals surface area contributed by atoms with Gasteiger partial charge in [0, 0.05) is 20.8 Å². The number of hydrogen-bond acceptors (Lipinski definition) is 6. The Morgan fingerprint density at radius 1 is 1.41 bits per heavy atom. The maximum atomic E-state index is 11.2. The molecule has 0 saturated carbocycles. The number of esters is 1. The van der Waals surface area contributed by atoms with Crippen LogP contribution in [-0.4, -0.2) is 40.1 Å². The van der Waals surface area contributed by atoms with Crippen LogP contribution in [0.4, 0.5) is 0 Å². The van der Waals surface area contributed by atoms with E-state index in [1.54, 1.807) is 20.3 Å². The van der Waals surface area contributed by atoms with Crippen LogP contribution in [0.15, 0.2) is 16.7 Å². The standard InChI is InChI=1S/C11H17NO5/c1-14-10(15-2)6-12-5-9-4-8(7-17-9)11(13)16-3/h4,7,10,12H,5-6H2,1-3H3. The lowest BCUT2D eigenvalue weighted by Crippen LogP contribution is -2.29. The van der Waals surface area contributed by atoms with Crippen molar-refractivity contribution in [2.45, 2.75) is 12.8 Å². The summed E-state index contributed by atoms with van der Waals surface area (Å²) in [6, 6.07) is 1.63. The van der Waals surface area contributed by atoms with Gasteiger partial charge in [0.05, 0.1) is 19.2 Å². The summed E-state index contributed by atoms with van der Waals surface area (Å²) in [5.41, 5.74) is 0.402. The van der Waals surface area contributed by atoms with Crippen LogP contribution in [0.5, 0.6) is 0 Å². The van der Waals surface area contributed by atoms with Crippen LogP contribution >= 0.6 is 0 Å². The molecular weight excluding hydrogens is 226 g/mol. The average Bonchev–Trinajstić information content (AvgIpc) is 2.82. The van der Waals surface area contributed by atoms with Gasteiger partial charge in [0.1, 0.15) is 12.0 Å². The molecular formula is C11H17NO5. The Hall–Kier alpha value is -1.37. The number of methoxy groups -OCH3 is 3. The summed E-state index contributed by atoms with van der Waals surface area (Å²) < 4.78 is 19.8. The van der Waals surface area contributed by atoms with Crippen LogP contribution in [0.2, 0.25) is 0 Å². The first-order valence-electron chi connectivity index (χ1n) is 5.13. The summed E-state index contributed by atoms with van der Waals surface area (Å²) in [5.74, 6) is 0.239. The minimum Gasteiger partial charge on any atom is -0.467 e. The zero-order valence-electron chi connectivity index (χ0n) is 10.2. The summed E-state index contributed by atoms with van der Waals surface area (Å²) in [7, 11) is 4.46. The van der Waals surface area contributed by atoms with Gasteiger partial charge >= 0.3 is 5.97 Å². The van der Waals surface area contributed by atoms with Gasteiger partial charge in [0.15, 0.2) is 6.29 Å². The number of nitrogens with one attached hydrogen (secondary N) is 1. The van der Waals surface area contributed by atoms with E-state index in [1.807, 2.05) is 0 Å². The number of carbonyl (C=O) groups is 1. The van der Waals surface area contributed by atoms with Crippen molar-refractivity contribution in [1.82, 2.24) is 5.32 Å². The maximum absolute atomic E-state index is 11.2. The zero-order valence-corrected chi connectivity index (χ0v) is 10.2. The van der Waals surface area contributed by atoms with E-state index < -0.39 is 5.97 Å². The van der Waals surface area contributed by atoms with Gasteiger partial charge < -0.3 is 23.9 Å². The molecule has 1 rings (SSSR count). The van der Waals surface area contributed by atoms with Gasteiger partial charge in [-0.25, -0.2) is 4.79 Å². The Kier molecular flexibility index (Phi) is 5.68. The zero-order chi connectivity index (χ0) is 12.7. The molecule has 0 fully saturated rings. The van der Waals surface area contributed by atoms with Gasteiger partial charge in [-0.15, -0.1) is 0 Å². The fourth-order valence-corrected chi connectivity index (χ4v) is 1.27. The molecule has 0 unspecified atom stereocenters. The van der Waals surface area contributed by atoms with Gasteiger partial charge in [-0.3, -0.25) is 0 Å². The predicted molar refractivity (Wildman–Crippen MR) is 59.6 cm³/mol. The third-order valence-corrected chi connectivity index (χ3v) is 2.21. The van der Waals surface area contributed by atoms with Crippen LogP contribution in [0.1, 0.15) is 16.1 Å². The first-order chi connectivity index (χ1) is 8.21. The summed E-state index contributed by atoms with van der Waals surface area (Å²) >= 11 is 0. The summed E-state index contributed by atoms with van der Waals surface area (Å²) in [5, 5.41) is 3.08. The van der Waals surface area contributed by atoms with Crippen molar-refractivity contribution in [3.63, 3.8) is 0 Å². The third kappa shape index (κ3) is 4.18. The minimum absolute atomic E-state index is 0.301. The maximum Gasteiger partial charge on any atom is 0.341 e. The SMILES string of the molecule is COC(=O)c1coc(CNCC(OC)OC)c1. The number of rotatable bonds is 7. The highest BCUT2D eigenvalue weighted by molar-refractivity contribution is 5.88. The number of ether oxygens (including phenoxy) is 3. The van der Waals surface area contributed by atoms with Crippen molar-refractivity contribution < 1.29 is 23.4 Å².